The van der Waals surface area contributed by atoms with Crippen molar-refractivity contribution in [2.45, 2.75) is 57.8 Å². The molecular formula is C17H30BrNO2Si. The van der Waals surface area contributed by atoms with Crippen LogP contribution < -0.4 is 5.73 Å². The van der Waals surface area contributed by atoms with Crippen LogP contribution in [0.15, 0.2) is 22.7 Å². The second kappa shape index (κ2) is 8.06. The summed E-state index contributed by atoms with van der Waals surface area (Å²) in [5.74, 6) is 0. The zero-order valence-electron chi connectivity index (χ0n) is 14.4. The van der Waals surface area contributed by atoms with Gasteiger partial charge in [-0.2, -0.15) is 0 Å². The van der Waals surface area contributed by atoms with E-state index in [1.54, 1.807) is 0 Å². The van der Waals surface area contributed by atoms with Gasteiger partial charge in [0.05, 0.1) is 6.10 Å². The van der Waals surface area contributed by atoms with Crippen molar-refractivity contribution < 1.29 is 9.53 Å². The second-order valence-electron chi connectivity index (χ2n) is 7.27. The lowest BCUT2D eigenvalue weighted by atomic mass is 9.99. The Bertz CT molecular complexity index is 486. The fourth-order valence-corrected chi connectivity index (χ4v) is 3.74. The van der Waals surface area contributed by atoms with Gasteiger partial charge in [-0.05, 0) is 48.2 Å². The molecule has 5 heteroatoms. The van der Waals surface area contributed by atoms with Gasteiger partial charge in [0.25, 0.3) is 0 Å². The Morgan fingerprint density at radius 2 is 1.95 bits per heavy atom. The highest BCUT2D eigenvalue weighted by Crippen LogP contribution is 2.36. The summed E-state index contributed by atoms with van der Waals surface area (Å²) < 4.78 is 7.25. The molecule has 0 radical (unpaired) electrons. The first-order valence-corrected chi connectivity index (χ1v) is 11.6. The Morgan fingerprint density at radius 3 is 2.50 bits per heavy atom. The maximum absolute atomic E-state index is 10.1. The third-order valence-electron chi connectivity index (χ3n) is 4.58. The van der Waals surface area contributed by atoms with Crippen LogP contribution in [-0.4, -0.2) is 26.6 Å². The minimum Gasteiger partial charge on any atom is -0.417 e. The number of aliphatic hydroxyl groups excluding tert-OH is 1. The Kier molecular flexibility index (Phi) is 7.27. The predicted molar refractivity (Wildman–Crippen MR) is 99.6 cm³/mol. The number of hydrogen-bond donors (Lipinski definition) is 2. The van der Waals surface area contributed by atoms with Crippen molar-refractivity contribution in [3.8, 4) is 0 Å². The topological polar surface area (TPSA) is 55.5 Å². The average molecular weight is 388 g/mol. The van der Waals surface area contributed by atoms with Crippen molar-refractivity contribution in [2.24, 2.45) is 5.73 Å². The van der Waals surface area contributed by atoms with Crippen molar-refractivity contribution in [1.82, 2.24) is 0 Å². The zero-order valence-corrected chi connectivity index (χ0v) is 17.0. The summed E-state index contributed by atoms with van der Waals surface area (Å²) in [6.07, 6.45) is 1.22. The third kappa shape index (κ3) is 5.17. The Balaban J connectivity index is 2.66. The van der Waals surface area contributed by atoms with E-state index in [1.165, 1.54) is 0 Å². The van der Waals surface area contributed by atoms with Gasteiger partial charge in [0.1, 0.15) is 0 Å². The summed E-state index contributed by atoms with van der Waals surface area (Å²) >= 11 is 3.58. The van der Waals surface area contributed by atoms with Gasteiger partial charge in [-0.15, -0.1) is 0 Å². The van der Waals surface area contributed by atoms with E-state index in [1.807, 2.05) is 18.2 Å². The van der Waals surface area contributed by atoms with E-state index in [0.29, 0.717) is 0 Å². The maximum atomic E-state index is 10.1. The largest absolute Gasteiger partial charge is 0.417 e. The second-order valence-corrected chi connectivity index (χ2v) is 12.9. The van der Waals surface area contributed by atoms with E-state index in [0.717, 1.165) is 35.0 Å². The lowest BCUT2D eigenvalue weighted by molar-refractivity contribution is 0.185. The number of rotatable bonds is 7. The van der Waals surface area contributed by atoms with Crippen LogP contribution in [0.2, 0.25) is 18.1 Å². The molecule has 126 valence electrons. The SMILES string of the molecule is CC(C)(C)[Si](C)(C)OCCCc1c(Br)cccc1C(O)CN. The molecule has 0 heterocycles. The normalized spacial score (nSPS) is 14.2. The fourth-order valence-electron chi connectivity index (χ4n) is 2.07. The maximum Gasteiger partial charge on any atom is 0.191 e. The van der Waals surface area contributed by atoms with Gasteiger partial charge in [0.2, 0.25) is 0 Å². The predicted octanol–water partition coefficient (Wildman–Crippen LogP) is 4.40. The fraction of sp³-hybridized carbons (Fsp3) is 0.647. The summed E-state index contributed by atoms with van der Waals surface area (Å²) in [7, 11) is -1.68. The van der Waals surface area contributed by atoms with E-state index in [2.05, 4.69) is 49.8 Å². The monoisotopic (exact) mass is 387 g/mol. The van der Waals surface area contributed by atoms with E-state index < -0.39 is 14.4 Å². The molecule has 1 atom stereocenters. The van der Waals surface area contributed by atoms with Crippen LogP contribution in [0.25, 0.3) is 0 Å². The molecule has 0 aliphatic rings. The molecule has 0 amide bonds. The molecule has 0 spiro atoms. The van der Waals surface area contributed by atoms with E-state index in [9.17, 15) is 5.11 Å². The Labute approximate surface area is 144 Å². The van der Waals surface area contributed by atoms with Gasteiger partial charge in [-0.3, -0.25) is 0 Å². The molecule has 0 aromatic heterocycles. The van der Waals surface area contributed by atoms with Crippen LogP contribution in [0.4, 0.5) is 0 Å². The van der Waals surface area contributed by atoms with Gasteiger partial charge < -0.3 is 15.3 Å². The molecule has 0 aliphatic heterocycles. The summed E-state index contributed by atoms with van der Waals surface area (Å²) in [5.41, 5.74) is 7.66. The first-order chi connectivity index (χ1) is 10.1. The molecule has 3 nitrogen and oxygen atoms in total. The highest BCUT2D eigenvalue weighted by molar-refractivity contribution is 9.10. The lowest BCUT2D eigenvalue weighted by Gasteiger charge is -2.36. The van der Waals surface area contributed by atoms with Crippen LogP contribution in [0.1, 0.15) is 44.4 Å². The summed E-state index contributed by atoms with van der Waals surface area (Å²) in [5, 5.41) is 10.3. The molecule has 0 bridgehead atoms. The van der Waals surface area contributed by atoms with Gasteiger partial charge in [-0.1, -0.05) is 48.8 Å². The van der Waals surface area contributed by atoms with E-state index >= 15 is 0 Å². The molecule has 22 heavy (non-hydrogen) atoms. The quantitative estimate of drug-likeness (QED) is 0.538. The molecule has 0 saturated carbocycles. The van der Waals surface area contributed by atoms with Gasteiger partial charge in [-0.25, -0.2) is 0 Å². The van der Waals surface area contributed by atoms with Crippen molar-refractivity contribution in [1.29, 1.82) is 0 Å². The molecule has 3 N–H and O–H groups in total. The molecule has 1 aromatic rings. The number of benzene rings is 1. The van der Waals surface area contributed by atoms with Gasteiger partial charge in [0.15, 0.2) is 8.32 Å². The molecule has 0 fully saturated rings. The summed E-state index contributed by atoms with van der Waals surface area (Å²) in [4.78, 5) is 0. The summed E-state index contributed by atoms with van der Waals surface area (Å²) in [6, 6.07) is 5.90. The van der Waals surface area contributed by atoms with Crippen LogP contribution in [0, 0.1) is 0 Å². The lowest BCUT2D eigenvalue weighted by Crippen LogP contribution is -2.41. The molecule has 0 aliphatic carbocycles. The average Bonchev–Trinajstić information content (AvgIpc) is 2.42. The van der Waals surface area contributed by atoms with Crippen molar-refractivity contribution >= 4 is 24.2 Å². The minimum atomic E-state index is -1.68. The molecule has 1 unspecified atom stereocenters. The van der Waals surface area contributed by atoms with Crippen molar-refractivity contribution in [3.05, 3.63) is 33.8 Å². The molecular weight excluding hydrogens is 358 g/mol. The van der Waals surface area contributed by atoms with Crippen LogP contribution in [-0.2, 0) is 10.8 Å². The zero-order chi connectivity index (χ0) is 17.0. The number of nitrogens with two attached hydrogens (primary N) is 1. The molecule has 0 saturated heterocycles. The molecule has 1 rings (SSSR count). The third-order valence-corrected chi connectivity index (χ3v) is 9.86. The Hall–Kier alpha value is -0.203. The van der Waals surface area contributed by atoms with Crippen molar-refractivity contribution in [3.63, 3.8) is 0 Å². The minimum absolute atomic E-state index is 0.237. The van der Waals surface area contributed by atoms with Crippen LogP contribution in [0.5, 0.6) is 0 Å². The smallest absolute Gasteiger partial charge is 0.191 e. The number of halogens is 1. The first kappa shape index (κ1) is 19.8. The van der Waals surface area contributed by atoms with Crippen LogP contribution in [0.3, 0.4) is 0 Å². The standard InChI is InChI=1S/C17H30BrNO2Si/c1-17(2,3)22(4,5)21-11-7-9-13-14(16(20)12-19)8-6-10-15(13)18/h6,8,10,16,20H,7,9,11-12,19H2,1-5H3. The number of hydrogen-bond acceptors (Lipinski definition) is 3. The molecule has 1 aromatic carbocycles. The summed E-state index contributed by atoms with van der Waals surface area (Å²) in [6.45, 7) is 12.3. The van der Waals surface area contributed by atoms with Crippen molar-refractivity contribution in [2.75, 3.05) is 13.2 Å². The first-order valence-electron chi connectivity index (χ1n) is 7.89. The van der Waals surface area contributed by atoms with E-state index in [4.69, 9.17) is 10.2 Å². The Morgan fingerprint density at radius 1 is 1.32 bits per heavy atom. The highest BCUT2D eigenvalue weighted by atomic mass is 79.9. The van der Waals surface area contributed by atoms with Gasteiger partial charge >= 0.3 is 0 Å². The van der Waals surface area contributed by atoms with E-state index in [-0.39, 0.29) is 11.6 Å². The highest BCUT2D eigenvalue weighted by Gasteiger charge is 2.36. The number of aliphatic hydroxyl groups is 1. The van der Waals surface area contributed by atoms with Crippen LogP contribution >= 0.6 is 15.9 Å². The van der Waals surface area contributed by atoms with Gasteiger partial charge in [0, 0.05) is 17.6 Å².